The van der Waals surface area contributed by atoms with E-state index in [2.05, 4.69) is 10.3 Å². The standard InChI is InChI=1S/C12H10N2O3/c15-11-10-7-5-6(12(16)17)1-2-8(7)14-9(10)3-4-13-11/h1-2,5,14H,3-4H2,(H,13,15)(H,16,17). The summed E-state index contributed by atoms with van der Waals surface area (Å²) in [5.41, 5.74) is 2.45. The first-order chi connectivity index (χ1) is 8.16. The number of carboxylic acids is 1. The minimum atomic E-state index is -0.988. The summed E-state index contributed by atoms with van der Waals surface area (Å²) in [5, 5.41) is 12.4. The number of carbonyl (C=O) groups excluding carboxylic acids is 1. The molecule has 1 aromatic heterocycles. The van der Waals surface area contributed by atoms with Crippen LogP contribution in [0.2, 0.25) is 0 Å². The fraction of sp³-hybridized carbons (Fsp3) is 0.167. The van der Waals surface area contributed by atoms with E-state index in [-0.39, 0.29) is 11.5 Å². The summed E-state index contributed by atoms with van der Waals surface area (Å²) in [7, 11) is 0. The highest BCUT2D eigenvalue weighted by atomic mass is 16.4. The number of fused-ring (bicyclic) bond motifs is 3. The summed E-state index contributed by atoms with van der Waals surface area (Å²) in [6, 6.07) is 4.77. The molecule has 86 valence electrons. The van der Waals surface area contributed by atoms with Crippen molar-refractivity contribution in [2.45, 2.75) is 6.42 Å². The van der Waals surface area contributed by atoms with Crippen LogP contribution in [0.25, 0.3) is 10.9 Å². The van der Waals surface area contributed by atoms with E-state index in [1.807, 2.05) is 0 Å². The van der Waals surface area contributed by atoms with Crippen LogP contribution in [-0.2, 0) is 6.42 Å². The summed E-state index contributed by atoms with van der Waals surface area (Å²) in [6.45, 7) is 0.616. The Hall–Kier alpha value is -2.30. The van der Waals surface area contributed by atoms with Gasteiger partial charge in [-0.05, 0) is 18.2 Å². The van der Waals surface area contributed by atoms with Gasteiger partial charge < -0.3 is 15.4 Å². The zero-order valence-corrected chi connectivity index (χ0v) is 8.91. The van der Waals surface area contributed by atoms with E-state index >= 15 is 0 Å². The number of carbonyl (C=O) groups is 2. The minimum absolute atomic E-state index is 0.139. The van der Waals surface area contributed by atoms with Crippen LogP contribution in [0.5, 0.6) is 0 Å². The topological polar surface area (TPSA) is 82.2 Å². The van der Waals surface area contributed by atoms with Crippen LogP contribution in [0.3, 0.4) is 0 Å². The van der Waals surface area contributed by atoms with E-state index in [1.54, 1.807) is 6.07 Å². The number of nitrogens with one attached hydrogen (secondary N) is 2. The molecule has 0 radical (unpaired) electrons. The predicted molar refractivity (Wildman–Crippen MR) is 61.3 cm³/mol. The van der Waals surface area contributed by atoms with E-state index in [9.17, 15) is 9.59 Å². The maximum Gasteiger partial charge on any atom is 0.335 e. The van der Waals surface area contributed by atoms with E-state index < -0.39 is 5.97 Å². The molecule has 0 unspecified atom stereocenters. The van der Waals surface area contributed by atoms with E-state index in [0.29, 0.717) is 17.5 Å². The number of hydrogen-bond donors (Lipinski definition) is 3. The van der Waals surface area contributed by atoms with Gasteiger partial charge in [-0.3, -0.25) is 4.79 Å². The fourth-order valence-electron chi connectivity index (χ4n) is 2.22. The Balaban J connectivity index is 2.31. The number of rotatable bonds is 1. The van der Waals surface area contributed by atoms with Gasteiger partial charge in [-0.15, -0.1) is 0 Å². The van der Waals surface area contributed by atoms with Crippen molar-refractivity contribution in [1.29, 1.82) is 0 Å². The molecule has 0 saturated heterocycles. The molecule has 1 aliphatic heterocycles. The Kier molecular flexibility index (Phi) is 1.95. The quantitative estimate of drug-likeness (QED) is 0.687. The highest BCUT2D eigenvalue weighted by Crippen LogP contribution is 2.25. The van der Waals surface area contributed by atoms with Crippen LogP contribution < -0.4 is 5.32 Å². The molecule has 3 N–H and O–H groups in total. The normalized spacial score (nSPS) is 14.5. The highest BCUT2D eigenvalue weighted by Gasteiger charge is 2.22. The molecule has 3 rings (SSSR count). The van der Waals surface area contributed by atoms with Crippen LogP contribution in [0.1, 0.15) is 26.4 Å². The number of aromatic amines is 1. The van der Waals surface area contributed by atoms with Gasteiger partial charge in [-0.1, -0.05) is 0 Å². The largest absolute Gasteiger partial charge is 0.478 e. The number of hydrogen-bond acceptors (Lipinski definition) is 2. The second-order valence-corrected chi connectivity index (χ2v) is 4.05. The smallest absolute Gasteiger partial charge is 0.335 e. The van der Waals surface area contributed by atoms with Crippen molar-refractivity contribution < 1.29 is 14.7 Å². The number of H-pyrrole nitrogens is 1. The van der Waals surface area contributed by atoms with Crippen molar-refractivity contribution in [3.63, 3.8) is 0 Å². The van der Waals surface area contributed by atoms with Gasteiger partial charge in [0.15, 0.2) is 0 Å². The summed E-state index contributed by atoms with van der Waals surface area (Å²) in [4.78, 5) is 25.8. The number of aromatic nitrogens is 1. The maximum absolute atomic E-state index is 11.8. The first kappa shape index (κ1) is 9.89. The van der Waals surface area contributed by atoms with Gasteiger partial charge in [0.05, 0.1) is 11.1 Å². The zero-order chi connectivity index (χ0) is 12.0. The maximum atomic E-state index is 11.8. The monoisotopic (exact) mass is 230 g/mol. The van der Waals surface area contributed by atoms with Gasteiger partial charge >= 0.3 is 5.97 Å². The second kappa shape index (κ2) is 3.35. The van der Waals surface area contributed by atoms with Crippen molar-refractivity contribution >= 4 is 22.8 Å². The Morgan fingerprint density at radius 3 is 2.94 bits per heavy atom. The summed E-state index contributed by atoms with van der Waals surface area (Å²) in [5.74, 6) is -1.13. The van der Waals surface area contributed by atoms with Gasteiger partial charge in [-0.25, -0.2) is 4.79 Å². The minimum Gasteiger partial charge on any atom is -0.478 e. The third kappa shape index (κ3) is 1.39. The molecule has 5 heteroatoms. The molecule has 1 aliphatic rings. The summed E-state index contributed by atoms with van der Waals surface area (Å²) >= 11 is 0. The first-order valence-corrected chi connectivity index (χ1v) is 5.33. The lowest BCUT2D eigenvalue weighted by molar-refractivity contribution is 0.0696. The molecule has 0 saturated carbocycles. The molecule has 17 heavy (non-hydrogen) atoms. The number of carboxylic acid groups (broad SMARTS) is 1. The molecule has 0 spiro atoms. The van der Waals surface area contributed by atoms with Gasteiger partial charge in [0.1, 0.15) is 0 Å². The predicted octanol–water partition coefficient (Wildman–Crippen LogP) is 1.15. The third-order valence-corrected chi connectivity index (χ3v) is 3.01. The average Bonchev–Trinajstić information content (AvgIpc) is 2.67. The molecule has 2 aromatic rings. The van der Waals surface area contributed by atoms with Crippen LogP contribution in [0.4, 0.5) is 0 Å². The summed E-state index contributed by atoms with van der Waals surface area (Å²) < 4.78 is 0. The SMILES string of the molecule is O=C(O)c1ccc2[nH]c3c(c2c1)C(=O)NCC3. The highest BCUT2D eigenvalue weighted by molar-refractivity contribution is 6.10. The van der Waals surface area contributed by atoms with E-state index in [0.717, 1.165) is 17.6 Å². The second-order valence-electron chi connectivity index (χ2n) is 4.05. The Morgan fingerprint density at radius 1 is 1.35 bits per heavy atom. The van der Waals surface area contributed by atoms with Crippen molar-refractivity contribution in [2.24, 2.45) is 0 Å². The van der Waals surface area contributed by atoms with Gasteiger partial charge in [0.2, 0.25) is 0 Å². The molecule has 1 aromatic carbocycles. The van der Waals surface area contributed by atoms with E-state index in [4.69, 9.17) is 5.11 Å². The molecular weight excluding hydrogens is 220 g/mol. The molecule has 0 aliphatic carbocycles. The van der Waals surface area contributed by atoms with Crippen molar-refractivity contribution in [1.82, 2.24) is 10.3 Å². The van der Waals surface area contributed by atoms with Gasteiger partial charge in [0.25, 0.3) is 5.91 Å². The molecule has 0 bridgehead atoms. The lowest BCUT2D eigenvalue weighted by atomic mass is 10.0. The van der Waals surface area contributed by atoms with Gasteiger partial charge in [0, 0.05) is 29.6 Å². The van der Waals surface area contributed by atoms with Crippen LogP contribution in [0.15, 0.2) is 18.2 Å². The van der Waals surface area contributed by atoms with Crippen LogP contribution in [0, 0.1) is 0 Å². The zero-order valence-electron chi connectivity index (χ0n) is 8.91. The van der Waals surface area contributed by atoms with Gasteiger partial charge in [-0.2, -0.15) is 0 Å². The fourth-order valence-corrected chi connectivity index (χ4v) is 2.22. The lowest BCUT2D eigenvalue weighted by Crippen LogP contribution is -2.31. The summed E-state index contributed by atoms with van der Waals surface area (Å²) in [6.07, 6.45) is 0.748. The number of benzene rings is 1. The lowest BCUT2D eigenvalue weighted by Gasteiger charge is -2.11. The third-order valence-electron chi connectivity index (χ3n) is 3.01. The average molecular weight is 230 g/mol. The molecule has 1 amide bonds. The first-order valence-electron chi connectivity index (χ1n) is 5.33. The van der Waals surface area contributed by atoms with Crippen LogP contribution in [-0.4, -0.2) is 28.5 Å². The molecular formula is C12H10N2O3. The van der Waals surface area contributed by atoms with Crippen molar-refractivity contribution in [3.8, 4) is 0 Å². The Labute approximate surface area is 96.4 Å². The Bertz CT molecular complexity index is 642. The number of amides is 1. The molecule has 2 heterocycles. The Morgan fingerprint density at radius 2 is 2.18 bits per heavy atom. The number of aromatic carboxylic acids is 1. The molecule has 0 atom stereocenters. The molecule has 0 fully saturated rings. The van der Waals surface area contributed by atoms with E-state index in [1.165, 1.54) is 12.1 Å². The van der Waals surface area contributed by atoms with Crippen LogP contribution >= 0.6 is 0 Å². The van der Waals surface area contributed by atoms with Crippen molar-refractivity contribution in [3.05, 3.63) is 35.0 Å². The van der Waals surface area contributed by atoms with Crippen molar-refractivity contribution in [2.75, 3.05) is 6.54 Å². The molecule has 5 nitrogen and oxygen atoms in total.